The maximum absolute atomic E-state index is 13.5. The molecule has 0 fully saturated rings. The van der Waals surface area contributed by atoms with Crippen LogP contribution >= 0.6 is 0 Å². The lowest BCUT2D eigenvalue weighted by molar-refractivity contribution is -0.145. The third-order valence-corrected chi connectivity index (χ3v) is 4.94. The number of benzene rings is 2. The van der Waals surface area contributed by atoms with Crippen molar-refractivity contribution in [2.45, 2.75) is 25.8 Å². The molecule has 2 heterocycles. The lowest BCUT2D eigenvalue weighted by Crippen LogP contribution is -2.40. The van der Waals surface area contributed by atoms with Gasteiger partial charge < -0.3 is 9.88 Å². The standard InChI is InChI=1S/C22H20FN3O2/c23-17-8-4-7-16(13-17)21-24-18-11-12-26(14-19(18)25-21)22(28)20(27)10-9-15-5-2-1-3-6-15/h1-8,13H,9-12,14H2,(H,24,25). The Morgan fingerprint density at radius 2 is 1.93 bits per heavy atom. The molecule has 0 spiro atoms. The van der Waals surface area contributed by atoms with E-state index >= 15 is 0 Å². The summed E-state index contributed by atoms with van der Waals surface area (Å²) in [6.07, 6.45) is 1.32. The van der Waals surface area contributed by atoms with Crippen molar-refractivity contribution in [1.82, 2.24) is 14.9 Å². The number of H-pyrrole nitrogens is 1. The summed E-state index contributed by atoms with van der Waals surface area (Å²) in [6, 6.07) is 15.9. The van der Waals surface area contributed by atoms with Gasteiger partial charge in [0, 0.05) is 24.9 Å². The summed E-state index contributed by atoms with van der Waals surface area (Å²) in [7, 11) is 0. The molecule has 0 bridgehead atoms. The zero-order chi connectivity index (χ0) is 19.5. The Morgan fingerprint density at radius 1 is 1.11 bits per heavy atom. The summed E-state index contributed by atoms with van der Waals surface area (Å²) in [4.78, 5) is 34.1. The maximum Gasteiger partial charge on any atom is 0.290 e. The lowest BCUT2D eigenvalue weighted by Gasteiger charge is -2.25. The molecule has 0 saturated heterocycles. The summed E-state index contributed by atoms with van der Waals surface area (Å²) in [5.41, 5.74) is 3.36. The zero-order valence-electron chi connectivity index (χ0n) is 15.3. The van der Waals surface area contributed by atoms with E-state index < -0.39 is 5.91 Å². The van der Waals surface area contributed by atoms with Crippen molar-refractivity contribution in [3.05, 3.63) is 77.4 Å². The number of aryl methyl sites for hydroxylation is 1. The van der Waals surface area contributed by atoms with Gasteiger partial charge in [-0.15, -0.1) is 0 Å². The van der Waals surface area contributed by atoms with E-state index in [1.165, 1.54) is 12.1 Å². The molecule has 1 aliphatic rings. The summed E-state index contributed by atoms with van der Waals surface area (Å²) < 4.78 is 13.5. The number of imidazole rings is 1. The second-order valence-corrected chi connectivity index (χ2v) is 6.91. The number of nitrogens with one attached hydrogen (secondary N) is 1. The number of carbonyl (C=O) groups excluding carboxylic acids is 2. The molecule has 3 aromatic rings. The van der Waals surface area contributed by atoms with Gasteiger partial charge in [0.1, 0.15) is 11.6 Å². The van der Waals surface area contributed by atoms with E-state index in [1.54, 1.807) is 17.0 Å². The van der Waals surface area contributed by atoms with Crippen LogP contribution in [0.15, 0.2) is 54.6 Å². The summed E-state index contributed by atoms with van der Waals surface area (Å²) >= 11 is 0. The number of fused-ring (bicyclic) bond motifs is 1. The molecule has 6 heteroatoms. The smallest absolute Gasteiger partial charge is 0.290 e. The average molecular weight is 377 g/mol. The first-order valence-electron chi connectivity index (χ1n) is 9.30. The number of aromatic nitrogens is 2. The second-order valence-electron chi connectivity index (χ2n) is 6.91. The van der Waals surface area contributed by atoms with Crippen LogP contribution in [0.2, 0.25) is 0 Å². The molecule has 1 amide bonds. The molecule has 0 unspecified atom stereocenters. The van der Waals surface area contributed by atoms with Gasteiger partial charge >= 0.3 is 0 Å². The SMILES string of the molecule is O=C(CCc1ccccc1)C(=O)N1CCc2nc(-c3cccc(F)c3)[nH]c2C1. The Hall–Kier alpha value is -3.28. The lowest BCUT2D eigenvalue weighted by atomic mass is 10.1. The van der Waals surface area contributed by atoms with Gasteiger partial charge in [0.15, 0.2) is 0 Å². The van der Waals surface area contributed by atoms with Crippen LogP contribution in [0.25, 0.3) is 11.4 Å². The number of halogens is 1. The molecule has 1 aliphatic heterocycles. The fraction of sp³-hybridized carbons (Fsp3) is 0.227. The highest BCUT2D eigenvalue weighted by Gasteiger charge is 2.27. The first-order valence-corrected chi connectivity index (χ1v) is 9.30. The number of carbonyl (C=O) groups is 2. The van der Waals surface area contributed by atoms with Gasteiger partial charge in [-0.3, -0.25) is 9.59 Å². The highest BCUT2D eigenvalue weighted by Crippen LogP contribution is 2.23. The first-order chi connectivity index (χ1) is 13.6. The van der Waals surface area contributed by atoms with Crippen molar-refractivity contribution in [1.29, 1.82) is 0 Å². The van der Waals surface area contributed by atoms with Gasteiger partial charge in [-0.1, -0.05) is 42.5 Å². The predicted molar refractivity (Wildman–Crippen MR) is 103 cm³/mol. The van der Waals surface area contributed by atoms with Crippen LogP contribution in [0, 0.1) is 5.82 Å². The van der Waals surface area contributed by atoms with E-state index in [9.17, 15) is 14.0 Å². The summed E-state index contributed by atoms with van der Waals surface area (Å²) in [5, 5.41) is 0. The highest BCUT2D eigenvalue weighted by molar-refractivity contribution is 6.36. The molecular weight excluding hydrogens is 357 g/mol. The number of hydrogen-bond donors (Lipinski definition) is 1. The van der Waals surface area contributed by atoms with Crippen LogP contribution in [-0.2, 0) is 29.0 Å². The van der Waals surface area contributed by atoms with Crippen molar-refractivity contribution in [3.8, 4) is 11.4 Å². The number of hydrogen-bond acceptors (Lipinski definition) is 3. The molecule has 4 rings (SSSR count). The van der Waals surface area contributed by atoms with E-state index in [0.29, 0.717) is 37.3 Å². The molecule has 0 radical (unpaired) electrons. The number of ketones is 1. The molecule has 0 atom stereocenters. The summed E-state index contributed by atoms with van der Waals surface area (Å²) in [5.74, 6) is -0.581. The largest absolute Gasteiger partial charge is 0.340 e. The number of Topliss-reactive ketones (excluding diaryl/α,β-unsaturated/α-hetero) is 1. The first kappa shape index (κ1) is 18.1. The highest BCUT2D eigenvalue weighted by atomic mass is 19.1. The van der Waals surface area contributed by atoms with Gasteiger partial charge in [0.05, 0.1) is 17.9 Å². The van der Waals surface area contributed by atoms with Crippen molar-refractivity contribution in [3.63, 3.8) is 0 Å². The van der Waals surface area contributed by atoms with Gasteiger partial charge in [-0.05, 0) is 24.1 Å². The van der Waals surface area contributed by atoms with E-state index in [4.69, 9.17) is 0 Å². The predicted octanol–water partition coefficient (Wildman–Crippen LogP) is 3.30. The van der Waals surface area contributed by atoms with E-state index in [2.05, 4.69) is 9.97 Å². The Kier molecular flexibility index (Phi) is 5.02. The minimum Gasteiger partial charge on any atom is -0.340 e. The average Bonchev–Trinajstić information content (AvgIpc) is 3.15. The Balaban J connectivity index is 1.42. The van der Waals surface area contributed by atoms with Crippen molar-refractivity contribution in [2.24, 2.45) is 0 Å². The molecule has 1 N–H and O–H groups in total. The Labute approximate surface area is 162 Å². The van der Waals surface area contributed by atoms with Crippen molar-refractivity contribution < 1.29 is 14.0 Å². The molecule has 142 valence electrons. The molecule has 28 heavy (non-hydrogen) atoms. The minimum absolute atomic E-state index is 0.198. The second kappa shape index (κ2) is 7.76. The molecule has 2 aromatic carbocycles. The number of rotatable bonds is 5. The van der Waals surface area contributed by atoms with Crippen molar-refractivity contribution in [2.75, 3.05) is 6.54 Å². The zero-order valence-corrected chi connectivity index (χ0v) is 15.3. The fourth-order valence-corrected chi connectivity index (χ4v) is 3.43. The third-order valence-electron chi connectivity index (χ3n) is 4.94. The van der Waals surface area contributed by atoms with E-state index in [1.807, 2.05) is 30.3 Å². The third kappa shape index (κ3) is 3.86. The topological polar surface area (TPSA) is 66.1 Å². The van der Waals surface area contributed by atoms with Crippen LogP contribution in [0.4, 0.5) is 4.39 Å². The van der Waals surface area contributed by atoms with E-state index in [0.717, 1.165) is 17.0 Å². The van der Waals surface area contributed by atoms with E-state index in [-0.39, 0.29) is 18.0 Å². The minimum atomic E-state index is -0.455. The fourth-order valence-electron chi connectivity index (χ4n) is 3.43. The van der Waals surface area contributed by atoms with Crippen LogP contribution in [0.1, 0.15) is 23.4 Å². The Morgan fingerprint density at radius 3 is 2.71 bits per heavy atom. The van der Waals surface area contributed by atoms with Crippen LogP contribution < -0.4 is 0 Å². The molecule has 5 nitrogen and oxygen atoms in total. The van der Waals surface area contributed by atoms with Gasteiger partial charge in [-0.25, -0.2) is 9.37 Å². The molecule has 1 aromatic heterocycles. The maximum atomic E-state index is 13.5. The van der Waals surface area contributed by atoms with Crippen LogP contribution in [0.3, 0.4) is 0 Å². The Bertz CT molecular complexity index is 1010. The van der Waals surface area contributed by atoms with Crippen LogP contribution in [0.5, 0.6) is 0 Å². The molecular formula is C22H20FN3O2. The number of aromatic amines is 1. The quantitative estimate of drug-likeness (QED) is 0.694. The van der Waals surface area contributed by atoms with Crippen molar-refractivity contribution >= 4 is 11.7 Å². The summed E-state index contributed by atoms with van der Waals surface area (Å²) in [6.45, 7) is 0.768. The monoisotopic (exact) mass is 377 g/mol. The van der Waals surface area contributed by atoms with Crippen LogP contribution in [-0.4, -0.2) is 33.1 Å². The van der Waals surface area contributed by atoms with Gasteiger partial charge in [0.2, 0.25) is 5.78 Å². The number of nitrogens with zero attached hydrogens (tertiary/aromatic N) is 2. The number of amides is 1. The van der Waals surface area contributed by atoms with Gasteiger partial charge in [-0.2, -0.15) is 0 Å². The molecule has 0 saturated carbocycles. The van der Waals surface area contributed by atoms with Gasteiger partial charge in [0.25, 0.3) is 5.91 Å². The molecule has 0 aliphatic carbocycles. The normalized spacial score (nSPS) is 13.2.